The average molecular weight is 239 g/mol. The summed E-state index contributed by atoms with van der Waals surface area (Å²) in [6, 6.07) is 4.05. The number of rotatable bonds is 5. The molecule has 3 N–H and O–H groups in total. The Labute approximate surface area is 92.0 Å². The highest BCUT2D eigenvalue weighted by Crippen LogP contribution is 2.28. The van der Waals surface area contributed by atoms with Crippen LogP contribution in [0.5, 0.6) is 0 Å². The molecule has 0 amide bonds. The zero-order chi connectivity index (χ0) is 9.68. The van der Waals surface area contributed by atoms with Crippen LogP contribution in [0.1, 0.15) is 23.8 Å². The summed E-state index contributed by atoms with van der Waals surface area (Å²) in [4.78, 5) is 1.16. The maximum Gasteiger partial charge on any atom is 0.0931 e. The first-order valence-corrected chi connectivity index (χ1v) is 5.78. The van der Waals surface area contributed by atoms with Gasteiger partial charge in [-0.25, -0.2) is 0 Å². The van der Waals surface area contributed by atoms with Crippen molar-refractivity contribution in [2.75, 3.05) is 5.88 Å². The molecule has 74 valence electrons. The molecular weight excluding hydrogens is 227 g/mol. The van der Waals surface area contributed by atoms with Crippen molar-refractivity contribution in [2.45, 2.75) is 18.9 Å². The van der Waals surface area contributed by atoms with E-state index in [2.05, 4.69) is 5.43 Å². The summed E-state index contributed by atoms with van der Waals surface area (Å²) in [6.45, 7) is 0. The average Bonchev–Trinajstić information content (AvgIpc) is 2.54. The second kappa shape index (κ2) is 5.83. The molecule has 13 heavy (non-hydrogen) atoms. The first-order chi connectivity index (χ1) is 6.27. The Kier molecular flexibility index (Phi) is 5.06. The molecule has 0 bridgehead atoms. The molecule has 0 aliphatic carbocycles. The van der Waals surface area contributed by atoms with E-state index in [0.29, 0.717) is 5.88 Å². The summed E-state index contributed by atoms with van der Waals surface area (Å²) in [5.41, 5.74) is 2.76. The number of alkyl halides is 1. The van der Waals surface area contributed by atoms with Crippen LogP contribution >= 0.6 is 34.5 Å². The van der Waals surface area contributed by atoms with Crippen molar-refractivity contribution in [1.29, 1.82) is 0 Å². The summed E-state index contributed by atoms with van der Waals surface area (Å²) in [5, 5.41) is 0. The normalized spacial score (nSPS) is 13.2. The monoisotopic (exact) mass is 238 g/mol. The van der Waals surface area contributed by atoms with Crippen molar-refractivity contribution in [1.82, 2.24) is 5.43 Å². The molecule has 0 saturated carbocycles. The van der Waals surface area contributed by atoms with Gasteiger partial charge in [-0.1, -0.05) is 11.6 Å². The minimum atomic E-state index is 0.177. The van der Waals surface area contributed by atoms with E-state index in [9.17, 15) is 0 Å². The molecule has 0 fully saturated rings. The van der Waals surface area contributed by atoms with Gasteiger partial charge in [0.05, 0.1) is 10.4 Å². The van der Waals surface area contributed by atoms with Gasteiger partial charge in [0, 0.05) is 10.8 Å². The number of nitrogens with two attached hydrogens (primary N) is 1. The lowest BCUT2D eigenvalue weighted by Gasteiger charge is -2.12. The van der Waals surface area contributed by atoms with Crippen LogP contribution in [-0.4, -0.2) is 5.88 Å². The van der Waals surface area contributed by atoms with Crippen LogP contribution in [0.25, 0.3) is 0 Å². The number of nitrogens with one attached hydrogen (secondary N) is 1. The van der Waals surface area contributed by atoms with E-state index in [1.165, 1.54) is 0 Å². The van der Waals surface area contributed by atoms with E-state index in [1.807, 2.05) is 12.1 Å². The maximum atomic E-state index is 5.82. The zero-order valence-corrected chi connectivity index (χ0v) is 9.42. The van der Waals surface area contributed by atoms with E-state index in [1.54, 1.807) is 11.3 Å². The van der Waals surface area contributed by atoms with Crippen LogP contribution < -0.4 is 11.3 Å². The topological polar surface area (TPSA) is 38.0 Å². The minimum absolute atomic E-state index is 0.177. The second-order valence-corrected chi connectivity index (χ2v) is 4.82. The predicted octanol–water partition coefficient (Wildman–Crippen LogP) is 2.92. The van der Waals surface area contributed by atoms with Gasteiger partial charge in [-0.05, 0) is 25.0 Å². The SMILES string of the molecule is NNC(CCCCl)c1ccc(Cl)s1. The molecule has 2 nitrogen and oxygen atoms in total. The Morgan fingerprint density at radius 3 is 2.77 bits per heavy atom. The van der Waals surface area contributed by atoms with E-state index >= 15 is 0 Å². The lowest BCUT2D eigenvalue weighted by Crippen LogP contribution is -2.27. The van der Waals surface area contributed by atoms with Gasteiger partial charge in [0.1, 0.15) is 0 Å². The number of thiophene rings is 1. The van der Waals surface area contributed by atoms with Gasteiger partial charge in [-0.3, -0.25) is 11.3 Å². The smallest absolute Gasteiger partial charge is 0.0931 e. The van der Waals surface area contributed by atoms with Crippen molar-refractivity contribution >= 4 is 34.5 Å². The zero-order valence-electron chi connectivity index (χ0n) is 7.09. The summed E-state index contributed by atoms with van der Waals surface area (Å²) in [6.07, 6.45) is 1.89. The molecule has 0 radical (unpaired) electrons. The minimum Gasteiger partial charge on any atom is -0.271 e. The quantitative estimate of drug-likeness (QED) is 0.471. The van der Waals surface area contributed by atoms with Crippen LogP contribution in [0.4, 0.5) is 0 Å². The van der Waals surface area contributed by atoms with Crippen LogP contribution in [0.3, 0.4) is 0 Å². The van der Waals surface area contributed by atoms with E-state index < -0.39 is 0 Å². The van der Waals surface area contributed by atoms with Gasteiger partial charge in [0.25, 0.3) is 0 Å². The summed E-state index contributed by atoms with van der Waals surface area (Å²) < 4.78 is 0.793. The van der Waals surface area contributed by atoms with E-state index in [-0.39, 0.29) is 6.04 Å². The summed E-state index contributed by atoms with van der Waals surface area (Å²) in [7, 11) is 0. The molecule has 0 aliphatic rings. The van der Waals surface area contributed by atoms with Crippen molar-refractivity contribution in [3.05, 3.63) is 21.3 Å². The molecule has 1 rings (SSSR count). The molecule has 0 spiro atoms. The Bertz CT molecular complexity index is 252. The Hall–Kier alpha value is 0.200. The predicted molar refractivity (Wildman–Crippen MR) is 59.3 cm³/mol. The lowest BCUT2D eigenvalue weighted by molar-refractivity contribution is 0.519. The fourth-order valence-electron chi connectivity index (χ4n) is 1.10. The number of halogens is 2. The van der Waals surface area contributed by atoms with Crippen molar-refractivity contribution < 1.29 is 0 Å². The van der Waals surface area contributed by atoms with Gasteiger partial charge in [0.2, 0.25) is 0 Å². The van der Waals surface area contributed by atoms with Crippen molar-refractivity contribution in [3.8, 4) is 0 Å². The Balaban J connectivity index is 2.56. The lowest BCUT2D eigenvalue weighted by atomic mass is 10.1. The third-order valence-electron chi connectivity index (χ3n) is 1.77. The number of hydrazine groups is 1. The molecule has 0 aromatic carbocycles. The first kappa shape index (κ1) is 11.3. The molecule has 0 saturated heterocycles. The largest absolute Gasteiger partial charge is 0.271 e. The van der Waals surface area contributed by atoms with Gasteiger partial charge >= 0.3 is 0 Å². The van der Waals surface area contributed by atoms with Gasteiger partial charge < -0.3 is 0 Å². The summed E-state index contributed by atoms with van der Waals surface area (Å²) >= 11 is 13.0. The highest BCUT2D eigenvalue weighted by atomic mass is 35.5. The van der Waals surface area contributed by atoms with Gasteiger partial charge in [0.15, 0.2) is 0 Å². The molecule has 1 atom stereocenters. The third kappa shape index (κ3) is 3.44. The molecule has 1 aromatic rings. The van der Waals surface area contributed by atoms with Crippen LogP contribution in [0.15, 0.2) is 12.1 Å². The van der Waals surface area contributed by atoms with E-state index in [0.717, 1.165) is 22.1 Å². The highest BCUT2D eigenvalue weighted by Gasteiger charge is 2.10. The Morgan fingerprint density at radius 1 is 1.54 bits per heavy atom. The molecule has 0 aliphatic heterocycles. The first-order valence-electron chi connectivity index (χ1n) is 4.05. The standard InChI is InChI=1S/C8H12Cl2N2S/c9-5-1-2-6(12-11)7-3-4-8(10)13-7/h3-4,6,12H,1-2,5,11H2. The molecule has 1 unspecified atom stereocenters. The van der Waals surface area contributed by atoms with Gasteiger partial charge in [-0.15, -0.1) is 22.9 Å². The molecule has 1 aromatic heterocycles. The third-order valence-corrected chi connectivity index (χ3v) is 3.38. The second-order valence-electron chi connectivity index (χ2n) is 2.69. The van der Waals surface area contributed by atoms with E-state index in [4.69, 9.17) is 29.0 Å². The maximum absolute atomic E-state index is 5.82. The molecular formula is C8H12Cl2N2S. The van der Waals surface area contributed by atoms with Crippen molar-refractivity contribution in [2.24, 2.45) is 5.84 Å². The molecule has 5 heteroatoms. The van der Waals surface area contributed by atoms with Crippen LogP contribution in [0.2, 0.25) is 4.34 Å². The highest BCUT2D eigenvalue weighted by molar-refractivity contribution is 7.16. The summed E-state index contributed by atoms with van der Waals surface area (Å²) in [5.74, 6) is 6.09. The number of hydrogen-bond donors (Lipinski definition) is 2. The Morgan fingerprint density at radius 2 is 2.31 bits per heavy atom. The number of hydrogen-bond acceptors (Lipinski definition) is 3. The van der Waals surface area contributed by atoms with Gasteiger partial charge in [-0.2, -0.15) is 0 Å². The molecule has 1 heterocycles. The van der Waals surface area contributed by atoms with Crippen LogP contribution in [-0.2, 0) is 0 Å². The van der Waals surface area contributed by atoms with Crippen LogP contribution in [0, 0.1) is 0 Å². The fourth-order valence-corrected chi connectivity index (χ4v) is 2.41. The van der Waals surface area contributed by atoms with Crippen molar-refractivity contribution in [3.63, 3.8) is 0 Å². The fraction of sp³-hybridized carbons (Fsp3) is 0.500.